The molecule has 1 aliphatic heterocycles. The Labute approximate surface area is 103 Å². The van der Waals surface area contributed by atoms with E-state index in [1.54, 1.807) is 4.90 Å². The normalized spacial score (nSPS) is 14.9. The van der Waals surface area contributed by atoms with Gasteiger partial charge in [0.2, 0.25) is 0 Å². The van der Waals surface area contributed by atoms with Crippen molar-refractivity contribution in [2.45, 2.75) is 13.1 Å². The number of carboxylic acid groups (broad SMARTS) is 1. The van der Waals surface area contributed by atoms with Gasteiger partial charge in [-0.1, -0.05) is 5.21 Å². The Morgan fingerprint density at radius 3 is 2.83 bits per heavy atom. The lowest BCUT2D eigenvalue weighted by Gasteiger charge is -2.14. The zero-order chi connectivity index (χ0) is 13.1. The van der Waals surface area contributed by atoms with Crippen LogP contribution in [0.2, 0.25) is 0 Å². The highest BCUT2D eigenvalue weighted by molar-refractivity contribution is 5.86. The average molecular weight is 254 g/mol. The van der Waals surface area contributed by atoms with Crippen LogP contribution in [-0.4, -0.2) is 56.6 Å². The maximum atomic E-state index is 11.3. The molecule has 18 heavy (non-hydrogen) atoms. The van der Waals surface area contributed by atoms with Gasteiger partial charge in [-0.3, -0.25) is 0 Å². The third kappa shape index (κ3) is 2.25. The summed E-state index contributed by atoms with van der Waals surface area (Å²) in [5.41, 5.74) is 5.71. The number of aromatic carboxylic acids is 1. The largest absolute Gasteiger partial charge is 0.476 e. The zero-order valence-electron chi connectivity index (χ0n) is 9.67. The van der Waals surface area contributed by atoms with Gasteiger partial charge in [-0.05, 0) is 0 Å². The first kappa shape index (κ1) is 12.3. The molecule has 0 bridgehead atoms. The van der Waals surface area contributed by atoms with E-state index in [0.29, 0.717) is 31.9 Å². The van der Waals surface area contributed by atoms with Gasteiger partial charge in [0.1, 0.15) is 0 Å². The first-order valence-electron chi connectivity index (χ1n) is 5.52. The van der Waals surface area contributed by atoms with Crippen LogP contribution in [0.3, 0.4) is 0 Å². The summed E-state index contributed by atoms with van der Waals surface area (Å²) >= 11 is 0. The molecule has 2 heterocycles. The lowest BCUT2D eigenvalue weighted by Crippen LogP contribution is -2.31. The average Bonchev–Trinajstić information content (AvgIpc) is 2.92. The number of carboxylic acids is 1. The van der Waals surface area contributed by atoms with Crippen molar-refractivity contribution in [1.29, 1.82) is 0 Å². The number of amides is 2. The summed E-state index contributed by atoms with van der Waals surface area (Å²) in [5, 5.41) is 18.9. The maximum Gasteiger partial charge on any atom is 0.358 e. The predicted molar refractivity (Wildman–Crippen MR) is 59.8 cm³/mol. The Balaban J connectivity index is 2.05. The fraction of sp³-hybridized carbons (Fsp3) is 0.556. The molecule has 4 N–H and O–H groups in total. The molecule has 0 unspecified atom stereocenters. The second-order valence-corrected chi connectivity index (χ2v) is 3.84. The third-order valence-electron chi connectivity index (χ3n) is 2.76. The lowest BCUT2D eigenvalue weighted by atomic mass is 10.3. The lowest BCUT2D eigenvalue weighted by molar-refractivity contribution is 0.0689. The summed E-state index contributed by atoms with van der Waals surface area (Å²) in [7, 11) is 0. The monoisotopic (exact) mass is 254 g/mol. The van der Waals surface area contributed by atoms with E-state index >= 15 is 0 Å². The molecule has 0 saturated carbocycles. The Kier molecular flexibility index (Phi) is 3.42. The molecule has 1 aliphatic rings. The van der Waals surface area contributed by atoms with Crippen molar-refractivity contribution in [3.63, 3.8) is 0 Å². The van der Waals surface area contributed by atoms with Crippen molar-refractivity contribution in [1.82, 2.24) is 25.2 Å². The standard InChI is InChI=1S/C9H14N6O3/c10-5-6-7(8(16)17)12-13-15(6)4-3-14-2-1-11-9(14)18/h1-5,10H2,(H,11,18)(H,16,17). The van der Waals surface area contributed by atoms with Gasteiger partial charge >= 0.3 is 12.0 Å². The van der Waals surface area contributed by atoms with Gasteiger partial charge in [0.25, 0.3) is 0 Å². The topological polar surface area (TPSA) is 126 Å². The van der Waals surface area contributed by atoms with Crippen LogP contribution in [0, 0.1) is 0 Å². The second-order valence-electron chi connectivity index (χ2n) is 3.84. The van der Waals surface area contributed by atoms with E-state index in [2.05, 4.69) is 15.6 Å². The van der Waals surface area contributed by atoms with Crippen molar-refractivity contribution >= 4 is 12.0 Å². The molecular formula is C9H14N6O3. The van der Waals surface area contributed by atoms with E-state index < -0.39 is 5.97 Å². The van der Waals surface area contributed by atoms with E-state index in [-0.39, 0.29) is 18.3 Å². The molecule has 1 fully saturated rings. The molecule has 1 saturated heterocycles. The number of aromatic nitrogens is 3. The maximum absolute atomic E-state index is 11.3. The fourth-order valence-corrected chi connectivity index (χ4v) is 1.82. The molecular weight excluding hydrogens is 240 g/mol. The van der Waals surface area contributed by atoms with Crippen LogP contribution < -0.4 is 11.1 Å². The van der Waals surface area contributed by atoms with E-state index in [9.17, 15) is 9.59 Å². The van der Waals surface area contributed by atoms with Crippen molar-refractivity contribution < 1.29 is 14.7 Å². The van der Waals surface area contributed by atoms with Crippen LogP contribution in [0.5, 0.6) is 0 Å². The number of nitrogens with two attached hydrogens (primary N) is 1. The highest BCUT2D eigenvalue weighted by Gasteiger charge is 2.21. The molecule has 9 nitrogen and oxygen atoms in total. The SMILES string of the molecule is NCc1c(C(=O)O)nnn1CCN1CCNC1=O. The Morgan fingerprint density at radius 2 is 2.28 bits per heavy atom. The highest BCUT2D eigenvalue weighted by atomic mass is 16.4. The van der Waals surface area contributed by atoms with E-state index in [0.717, 1.165) is 0 Å². The minimum atomic E-state index is -1.15. The smallest absolute Gasteiger partial charge is 0.358 e. The zero-order valence-corrected chi connectivity index (χ0v) is 9.67. The number of carbonyl (C=O) groups is 2. The molecule has 2 amide bonds. The molecule has 0 aliphatic carbocycles. The number of hydrogen-bond donors (Lipinski definition) is 3. The fourth-order valence-electron chi connectivity index (χ4n) is 1.82. The summed E-state index contributed by atoms with van der Waals surface area (Å²) < 4.78 is 1.43. The minimum absolute atomic E-state index is 0.0425. The van der Waals surface area contributed by atoms with Crippen molar-refractivity contribution in [2.75, 3.05) is 19.6 Å². The Bertz CT molecular complexity index is 471. The van der Waals surface area contributed by atoms with Gasteiger partial charge < -0.3 is 21.1 Å². The second kappa shape index (κ2) is 5.00. The minimum Gasteiger partial charge on any atom is -0.476 e. The van der Waals surface area contributed by atoms with Gasteiger partial charge in [0, 0.05) is 26.2 Å². The molecule has 0 aromatic carbocycles. The molecule has 1 aromatic rings. The number of nitrogens with zero attached hydrogens (tertiary/aromatic N) is 4. The van der Waals surface area contributed by atoms with Crippen molar-refractivity contribution in [3.05, 3.63) is 11.4 Å². The predicted octanol–water partition coefficient (Wildman–Crippen LogP) is -1.54. The summed E-state index contributed by atoms with van der Waals surface area (Å²) in [6, 6.07) is -0.122. The third-order valence-corrected chi connectivity index (χ3v) is 2.76. The van der Waals surface area contributed by atoms with Crippen LogP contribution in [0.25, 0.3) is 0 Å². The molecule has 0 atom stereocenters. The number of carbonyl (C=O) groups excluding carboxylic acids is 1. The number of hydrogen-bond acceptors (Lipinski definition) is 5. The van der Waals surface area contributed by atoms with Gasteiger partial charge in [-0.15, -0.1) is 5.10 Å². The van der Waals surface area contributed by atoms with Crippen LogP contribution >= 0.6 is 0 Å². The summed E-state index contributed by atoms with van der Waals surface area (Å²) in [6.45, 7) is 2.12. The quantitative estimate of drug-likeness (QED) is 0.584. The van der Waals surface area contributed by atoms with Gasteiger partial charge in [-0.2, -0.15) is 0 Å². The summed E-state index contributed by atoms with van der Waals surface area (Å²) in [5.74, 6) is -1.15. The van der Waals surface area contributed by atoms with E-state index in [1.807, 2.05) is 0 Å². The molecule has 1 aromatic heterocycles. The van der Waals surface area contributed by atoms with Crippen LogP contribution in [-0.2, 0) is 13.1 Å². The van der Waals surface area contributed by atoms with Gasteiger partial charge in [0.05, 0.1) is 12.2 Å². The van der Waals surface area contributed by atoms with Gasteiger partial charge in [-0.25, -0.2) is 14.3 Å². The molecule has 0 radical (unpaired) electrons. The molecule has 0 spiro atoms. The first-order chi connectivity index (χ1) is 8.63. The number of urea groups is 1. The number of nitrogens with one attached hydrogen (secondary N) is 1. The van der Waals surface area contributed by atoms with Crippen LogP contribution in [0.4, 0.5) is 4.79 Å². The summed E-state index contributed by atoms with van der Waals surface area (Å²) in [4.78, 5) is 23.8. The highest BCUT2D eigenvalue weighted by Crippen LogP contribution is 2.05. The Hall–Kier alpha value is -2.16. The van der Waals surface area contributed by atoms with Crippen LogP contribution in [0.15, 0.2) is 0 Å². The van der Waals surface area contributed by atoms with Gasteiger partial charge in [0.15, 0.2) is 5.69 Å². The number of rotatable bonds is 5. The Morgan fingerprint density at radius 1 is 1.50 bits per heavy atom. The van der Waals surface area contributed by atoms with E-state index in [1.165, 1.54) is 4.68 Å². The molecule has 2 rings (SSSR count). The summed E-state index contributed by atoms with van der Waals surface area (Å²) in [6.07, 6.45) is 0. The first-order valence-corrected chi connectivity index (χ1v) is 5.52. The van der Waals surface area contributed by atoms with E-state index in [4.69, 9.17) is 10.8 Å². The molecule has 9 heteroatoms. The molecule has 98 valence electrons. The van der Waals surface area contributed by atoms with Crippen LogP contribution in [0.1, 0.15) is 16.2 Å². The van der Waals surface area contributed by atoms with Crippen molar-refractivity contribution in [3.8, 4) is 0 Å². The van der Waals surface area contributed by atoms with Crippen molar-refractivity contribution in [2.24, 2.45) is 5.73 Å².